The van der Waals surface area contributed by atoms with Crippen molar-refractivity contribution < 1.29 is 23.1 Å². The van der Waals surface area contributed by atoms with Crippen molar-refractivity contribution in [3.63, 3.8) is 0 Å². The maximum Gasteiger partial charge on any atom is 0.273 e. The molecule has 1 N–H and O–H groups in total. The van der Waals surface area contributed by atoms with Crippen LogP contribution in [0.25, 0.3) is 0 Å². The molecular formula is C25H32N4O5S. The Balaban J connectivity index is 2.01. The number of nitrogens with zero attached hydrogens (tertiary/aromatic N) is 4. The number of likely N-dealkylation sites (N-methyl/N-ethyl adjacent to an activating group) is 1. The molecule has 0 saturated heterocycles. The molecule has 9 nitrogen and oxygen atoms in total. The van der Waals surface area contributed by atoms with Crippen LogP contribution in [0.15, 0.2) is 41.7 Å². The molecule has 0 fully saturated rings. The number of hydrogen-bond acceptors (Lipinski definition) is 7. The van der Waals surface area contributed by atoms with Crippen LogP contribution in [0.3, 0.4) is 0 Å². The summed E-state index contributed by atoms with van der Waals surface area (Å²) >= 11 is 0. The van der Waals surface area contributed by atoms with Gasteiger partial charge in [-0.05, 0) is 31.5 Å². The molecule has 1 aromatic heterocycles. The van der Waals surface area contributed by atoms with Crippen LogP contribution in [0.2, 0.25) is 0 Å². The second kappa shape index (κ2) is 11.6. The molecule has 1 aromatic carbocycles. The van der Waals surface area contributed by atoms with Crippen LogP contribution in [0.1, 0.15) is 49.7 Å². The summed E-state index contributed by atoms with van der Waals surface area (Å²) in [6.45, 7) is 5.57. The number of aliphatic hydroxyl groups excluding tert-OH is 1. The van der Waals surface area contributed by atoms with Crippen molar-refractivity contribution in [1.82, 2.24) is 19.2 Å². The Labute approximate surface area is 207 Å². The number of ether oxygens (including phenoxy) is 1. The SMILES string of the molecule is CCCC#Cc1ccc2c(c1)O[C@@H](CN(C)C(=O)c1cnccn1)[C@H](C)CN([C@H](C)CO)S2(=O)=O. The van der Waals surface area contributed by atoms with Gasteiger partial charge in [-0.2, -0.15) is 4.31 Å². The van der Waals surface area contributed by atoms with Gasteiger partial charge in [0, 0.05) is 49.9 Å². The van der Waals surface area contributed by atoms with Crippen LogP contribution < -0.4 is 4.74 Å². The largest absolute Gasteiger partial charge is 0.487 e. The maximum absolute atomic E-state index is 13.5. The van der Waals surface area contributed by atoms with E-state index in [9.17, 15) is 18.3 Å². The number of benzene rings is 1. The smallest absolute Gasteiger partial charge is 0.273 e. The summed E-state index contributed by atoms with van der Waals surface area (Å²) in [7, 11) is -2.30. The minimum absolute atomic E-state index is 0.0126. The van der Waals surface area contributed by atoms with Crippen molar-refractivity contribution in [2.24, 2.45) is 5.92 Å². The highest BCUT2D eigenvalue weighted by Crippen LogP contribution is 2.34. The molecule has 0 radical (unpaired) electrons. The fourth-order valence-electron chi connectivity index (χ4n) is 3.77. The molecule has 2 aromatic rings. The van der Waals surface area contributed by atoms with Crippen LogP contribution >= 0.6 is 0 Å². The van der Waals surface area contributed by atoms with E-state index in [0.717, 1.165) is 12.8 Å². The fraction of sp³-hybridized carbons (Fsp3) is 0.480. The van der Waals surface area contributed by atoms with E-state index in [1.807, 2.05) is 13.8 Å². The van der Waals surface area contributed by atoms with E-state index < -0.39 is 22.2 Å². The molecule has 0 bridgehead atoms. The van der Waals surface area contributed by atoms with Gasteiger partial charge in [0.2, 0.25) is 10.0 Å². The highest BCUT2D eigenvalue weighted by Gasteiger charge is 2.38. The van der Waals surface area contributed by atoms with E-state index in [1.54, 1.807) is 26.1 Å². The first-order valence-electron chi connectivity index (χ1n) is 11.6. The Hall–Kier alpha value is -3.00. The summed E-state index contributed by atoms with van der Waals surface area (Å²) in [6.07, 6.45) is 5.46. The number of amides is 1. The van der Waals surface area contributed by atoms with Gasteiger partial charge in [-0.15, -0.1) is 0 Å². The molecule has 3 rings (SSSR count). The van der Waals surface area contributed by atoms with Gasteiger partial charge in [0.25, 0.3) is 5.91 Å². The summed E-state index contributed by atoms with van der Waals surface area (Å²) < 4.78 is 34.7. The second-order valence-corrected chi connectivity index (χ2v) is 10.6. The first-order chi connectivity index (χ1) is 16.7. The number of carbonyl (C=O) groups excluding carboxylic acids is 1. The molecule has 1 aliphatic rings. The normalized spacial score (nSPS) is 20.3. The second-order valence-electron chi connectivity index (χ2n) is 8.73. The van der Waals surface area contributed by atoms with Crippen molar-refractivity contribution in [3.8, 4) is 17.6 Å². The minimum atomic E-state index is -3.94. The predicted octanol–water partition coefficient (Wildman–Crippen LogP) is 2.17. The third kappa shape index (κ3) is 6.17. The number of unbranched alkanes of at least 4 members (excludes halogenated alkanes) is 1. The van der Waals surface area contributed by atoms with Gasteiger partial charge in [-0.1, -0.05) is 25.7 Å². The number of fused-ring (bicyclic) bond motifs is 1. The molecule has 0 spiro atoms. The van der Waals surface area contributed by atoms with Crippen molar-refractivity contribution >= 4 is 15.9 Å². The van der Waals surface area contributed by atoms with E-state index >= 15 is 0 Å². The van der Waals surface area contributed by atoms with E-state index in [1.165, 1.54) is 33.9 Å². The summed E-state index contributed by atoms with van der Waals surface area (Å²) in [5, 5.41) is 9.77. The van der Waals surface area contributed by atoms with Gasteiger partial charge in [0.05, 0.1) is 19.3 Å². The lowest BCUT2D eigenvalue weighted by Crippen LogP contribution is -2.50. The van der Waals surface area contributed by atoms with E-state index in [-0.39, 0.29) is 47.9 Å². The van der Waals surface area contributed by atoms with Crippen LogP contribution in [-0.4, -0.2) is 77.5 Å². The van der Waals surface area contributed by atoms with Crippen LogP contribution in [-0.2, 0) is 10.0 Å². The molecule has 0 aliphatic carbocycles. The number of rotatable bonds is 6. The molecule has 35 heavy (non-hydrogen) atoms. The van der Waals surface area contributed by atoms with E-state index in [0.29, 0.717) is 5.56 Å². The Morgan fingerprint density at radius 1 is 1.37 bits per heavy atom. The average Bonchev–Trinajstić information content (AvgIpc) is 2.85. The molecular weight excluding hydrogens is 468 g/mol. The molecule has 10 heteroatoms. The zero-order chi connectivity index (χ0) is 25.6. The first kappa shape index (κ1) is 26.6. The van der Waals surface area contributed by atoms with Crippen molar-refractivity contribution in [2.75, 3.05) is 26.7 Å². The standard InChI is InChI=1S/C25H32N4O5S/c1-5-6-7-8-20-9-10-24-22(13-20)34-23(16-28(4)25(31)21-14-26-11-12-27-21)18(2)15-29(19(3)17-30)35(24,32)33/h9-14,18-19,23,30H,5-6,15-17H2,1-4H3/t18-,19-,23+/m1/s1. The Morgan fingerprint density at radius 3 is 2.80 bits per heavy atom. The quantitative estimate of drug-likeness (QED) is 0.605. The monoisotopic (exact) mass is 500 g/mol. The average molecular weight is 501 g/mol. The van der Waals surface area contributed by atoms with Crippen molar-refractivity contribution in [2.45, 2.75) is 50.7 Å². The van der Waals surface area contributed by atoms with E-state index in [2.05, 4.69) is 21.8 Å². The highest BCUT2D eigenvalue weighted by molar-refractivity contribution is 7.89. The van der Waals surface area contributed by atoms with E-state index in [4.69, 9.17) is 4.74 Å². The lowest BCUT2D eigenvalue weighted by Gasteiger charge is -2.37. The van der Waals surface area contributed by atoms with Gasteiger partial charge in [0.1, 0.15) is 22.4 Å². The molecule has 1 amide bonds. The fourth-order valence-corrected chi connectivity index (χ4v) is 5.59. The minimum Gasteiger partial charge on any atom is -0.487 e. The third-order valence-corrected chi connectivity index (χ3v) is 7.88. The third-order valence-electron chi connectivity index (χ3n) is 5.86. The van der Waals surface area contributed by atoms with Gasteiger partial charge >= 0.3 is 0 Å². The topological polar surface area (TPSA) is 113 Å². The number of carbonyl (C=O) groups is 1. The van der Waals surface area contributed by atoms with Gasteiger partial charge in [-0.25, -0.2) is 13.4 Å². The molecule has 188 valence electrons. The van der Waals surface area contributed by atoms with Gasteiger partial charge in [0.15, 0.2) is 0 Å². The lowest BCUT2D eigenvalue weighted by molar-refractivity contribution is 0.0559. The molecule has 1 aliphatic heterocycles. The Kier molecular flexibility index (Phi) is 8.83. The molecule has 3 atom stereocenters. The van der Waals surface area contributed by atoms with Gasteiger partial charge < -0.3 is 14.7 Å². The summed E-state index contributed by atoms with van der Waals surface area (Å²) in [5.41, 5.74) is 0.852. The number of hydrogen-bond donors (Lipinski definition) is 1. The first-order valence-corrected chi connectivity index (χ1v) is 13.1. The van der Waals surface area contributed by atoms with Crippen LogP contribution in [0, 0.1) is 17.8 Å². The van der Waals surface area contributed by atoms with Crippen molar-refractivity contribution in [3.05, 3.63) is 48.0 Å². The molecule has 0 unspecified atom stereocenters. The Morgan fingerprint density at radius 2 is 2.14 bits per heavy atom. The zero-order valence-corrected chi connectivity index (χ0v) is 21.3. The van der Waals surface area contributed by atoms with Crippen molar-refractivity contribution in [1.29, 1.82) is 0 Å². The summed E-state index contributed by atoms with van der Waals surface area (Å²) in [4.78, 5) is 22.4. The maximum atomic E-state index is 13.5. The molecule has 2 heterocycles. The molecule has 0 saturated carbocycles. The summed E-state index contributed by atoms with van der Waals surface area (Å²) in [6, 6.07) is 4.16. The number of sulfonamides is 1. The van der Waals surface area contributed by atoms with Crippen LogP contribution in [0.5, 0.6) is 5.75 Å². The van der Waals surface area contributed by atoms with Gasteiger partial charge in [-0.3, -0.25) is 9.78 Å². The predicted molar refractivity (Wildman–Crippen MR) is 131 cm³/mol. The van der Waals surface area contributed by atoms with Crippen LogP contribution in [0.4, 0.5) is 0 Å². The lowest BCUT2D eigenvalue weighted by atomic mass is 10.0. The number of aromatic nitrogens is 2. The highest BCUT2D eigenvalue weighted by atomic mass is 32.2. The number of aliphatic hydroxyl groups is 1. The summed E-state index contributed by atoms with van der Waals surface area (Å²) in [5.74, 6) is 5.69. The Bertz CT molecular complexity index is 1190. The zero-order valence-electron chi connectivity index (χ0n) is 20.5.